The molecule has 0 heterocycles. The van der Waals surface area contributed by atoms with E-state index < -0.39 is 0 Å². The molecular formula is C18H22N2O3. The molecular weight excluding hydrogens is 292 g/mol. The fourth-order valence-corrected chi connectivity index (χ4v) is 2.25. The van der Waals surface area contributed by atoms with Crippen LogP contribution in [0.5, 0.6) is 11.5 Å². The number of aliphatic hydroxyl groups is 1. The first-order valence-corrected chi connectivity index (χ1v) is 7.55. The minimum Gasteiger partial charge on any atom is -0.507 e. The van der Waals surface area contributed by atoms with E-state index in [0.717, 1.165) is 17.9 Å². The molecule has 0 saturated carbocycles. The van der Waals surface area contributed by atoms with Gasteiger partial charge >= 0.3 is 0 Å². The van der Waals surface area contributed by atoms with Gasteiger partial charge in [0, 0.05) is 30.6 Å². The van der Waals surface area contributed by atoms with Gasteiger partial charge < -0.3 is 19.8 Å². The maximum atomic E-state index is 9.84. The number of hydrogen-bond donors (Lipinski definition) is 2. The zero-order chi connectivity index (χ0) is 16.7. The zero-order valence-corrected chi connectivity index (χ0v) is 13.4. The summed E-state index contributed by atoms with van der Waals surface area (Å²) in [5.74, 6) is 0.827. The molecule has 2 aromatic rings. The molecule has 0 unspecified atom stereocenters. The number of aliphatic imine (C=N–C) groups is 1. The van der Waals surface area contributed by atoms with E-state index in [1.807, 2.05) is 31.2 Å². The minimum atomic E-state index is 0.128. The molecule has 5 nitrogen and oxygen atoms in total. The quantitative estimate of drug-likeness (QED) is 0.771. The van der Waals surface area contributed by atoms with Crippen LogP contribution in [-0.2, 0) is 0 Å². The number of phenolic OH excluding ortho intramolecular Hbond substituents is 1. The van der Waals surface area contributed by atoms with Crippen molar-refractivity contribution >= 4 is 17.6 Å². The first kappa shape index (κ1) is 16.8. The topological polar surface area (TPSA) is 65.3 Å². The summed E-state index contributed by atoms with van der Waals surface area (Å²) in [5, 5.41) is 18.9. The number of methoxy groups -OCH3 is 1. The lowest BCUT2D eigenvalue weighted by atomic mass is 10.2. The van der Waals surface area contributed by atoms with Crippen LogP contribution in [0.25, 0.3) is 0 Å². The fraction of sp³-hybridized carbons (Fsp3) is 0.278. The molecule has 0 fully saturated rings. The molecule has 2 rings (SSSR count). The molecule has 0 spiro atoms. The van der Waals surface area contributed by atoms with E-state index in [1.165, 1.54) is 0 Å². The number of aliphatic hydroxyl groups excluding tert-OH is 1. The molecule has 0 radical (unpaired) electrons. The molecule has 23 heavy (non-hydrogen) atoms. The third-order valence-electron chi connectivity index (χ3n) is 3.55. The Morgan fingerprint density at radius 2 is 1.91 bits per heavy atom. The fourth-order valence-electron chi connectivity index (χ4n) is 2.25. The van der Waals surface area contributed by atoms with Crippen LogP contribution < -0.4 is 9.64 Å². The first-order chi connectivity index (χ1) is 11.2. The lowest BCUT2D eigenvalue weighted by Gasteiger charge is -2.21. The van der Waals surface area contributed by atoms with E-state index in [2.05, 4.69) is 9.89 Å². The zero-order valence-electron chi connectivity index (χ0n) is 13.4. The molecule has 0 saturated heterocycles. The van der Waals surface area contributed by atoms with Gasteiger partial charge in [0.25, 0.3) is 0 Å². The Morgan fingerprint density at radius 1 is 1.17 bits per heavy atom. The molecule has 5 heteroatoms. The van der Waals surface area contributed by atoms with Gasteiger partial charge in [0.05, 0.1) is 19.4 Å². The SMILES string of the molecule is CCN(CCO)c1ccc(N=Cc2cc(OC)ccc2O)cc1. The van der Waals surface area contributed by atoms with Crippen LogP contribution in [-0.4, -0.2) is 43.2 Å². The summed E-state index contributed by atoms with van der Waals surface area (Å²) in [5.41, 5.74) is 2.43. The monoisotopic (exact) mass is 314 g/mol. The molecule has 0 amide bonds. The Morgan fingerprint density at radius 3 is 2.52 bits per heavy atom. The molecule has 122 valence electrons. The number of likely N-dealkylation sites (N-methyl/N-ethyl adjacent to an activating group) is 1. The Kier molecular flexibility index (Phi) is 6.00. The molecule has 0 bridgehead atoms. The summed E-state index contributed by atoms with van der Waals surface area (Å²) >= 11 is 0. The van der Waals surface area contributed by atoms with Crippen molar-refractivity contribution < 1.29 is 14.9 Å². The summed E-state index contributed by atoms with van der Waals surface area (Å²) in [6.45, 7) is 3.62. The van der Waals surface area contributed by atoms with Crippen molar-refractivity contribution in [2.75, 3.05) is 31.7 Å². The van der Waals surface area contributed by atoms with Gasteiger partial charge in [0.2, 0.25) is 0 Å². The Hall–Kier alpha value is -2.53. The lowest BCUT2D eigenvalue weighted by Crippen LogP contribution is -2.25. The summed E-state index contributed by atoms with van der Waals surface area (Å²) < 4.78 is 5.14. The van der Waals surface area contributed by atoms with Crippen molar-refractivity contribution in [2.45, 2.75) is 6.92 Å². The number of anilines is 1. The van der Waals surface area contributed by atoms with Crippen LogP contribution in [0.3, 0.4) is 0 Å². The highest BCUT2D eigenvalue weighted by molar-refractivity contribution is 5.86. The van der Waals surface area contributed by atoms with Crippen LogP contribution in [0.1, 0.15) is 12.5 Å². The second kappa shape index (κ2) is 8.19. The van der Waals surface area contributed by atoms with E-state index in [0.29, 0.717) is 17.9 Å². The van der Waals surface area contributed by atoms with Gasteiger partial charge in [-0.25, -0.2) is 0 Å². The van der Waals surface area contributed by atoms with Gasteiger partial charge in [-0.05, 0) is 49.4 Å². The highest BCUT2D eigenvalue weighted by Gasteiger charge is 2.03. The summed E-state index contributed by atoms with van der Waals surface area (Å²) in [6.07, 6.45) is 1.61. The third kappa shape index (κ3) is 4.47. The maximum absolute atomic E-state index is 9.84. The van der Waals surface area contributed by atoms with E-state index in [-0.39, 0.29) is 12.4 Å². The van der Waals surface area contributed by atoms with Gasteiger partial charge in [-0.1, -0.05) is 0 Å². The number of aromatic hydroxyl groups is 1. The number of benzene rings is 2. The average Bonchev–Trinajstić information content (AvgIpc) is 2.59. The van der Waals surface area contributed by atoms with Gasteiger partial charge in [-0.3, -0.25) is 4.99 Å². The van der Waals surface area contributed by atoms with E-state index in [9.17, 15) is 5.11 Å². The second-order valence-corrected chi connectivity index (χ2v) is 5.00. The predicted molar refractivity (Wildman–Crippen MR) is 93.3 cm³/mol. The first-order valence-electron chi connectivity index (χ1n) is 7.55. The average molecular weight is 314 g/mol. The summed E-state index contributed by atoms with van der Waals surface area (Å²) in [7, 11) is 1.58. The number of phenols is 1. The van der Waals surface area contributed by atoms with Crippen LogP contribution in [0.2, 0.25) is 0 Å². The van der Waals surface area contributed by atoms with E-state index in [4.69, 9.17) is 9.84 Å². The van der Waals surface area contributed by atoms with Gasteiger partial charge in [-0.2, -0.15) is 0 Å². The molecule has 0 aliphatic carbocycles. The number of hydrogen-bond acceptors (Lipinski definition) is 5. The normalized spacial score (nSPS) is 10.9. The largest absolute Gasteiger partial charge is 0.507 e. The molecule has 0 aliphatic heterocycles. The molecule has 2 N–H and O–H groups in total. The maximum Gasteiger partial charge on any atom is 0.124 e. The van der Waals surface area contributed by atoms with Crippen molar-refractivity contribution in [1.82, 2.24) is 0 Å². The van der Waals surface area contributed by atoms with Gasteiger partial charge in [-0.15, -0.1) is 0 Å². The summed E-state index contributed by atoms with van der Waals surface area (Å²) in [4.78, 5) is 6.46. The Bertz CT molecular complexity index is 654. The highest BCUT2D eigenvalue weighted by Crippen LogP contribution is 2.23. The number of nitrogens with zero attached hydrogens (tertiary/aromatic N) is 2. The van der Waals surface area contributed by atoms with Crippen molar-refractivity contribution in [1.29, 1.82) is 0 Å². The molecule has 0 atom stereocenters. The Labute approximate surface area is 136 Å². The standard InChI is InChI=1S/C18H22N2O3/c1-3-20(10-11-21)16-6-4-15(5-7-16)19-13-14-12-17(23-2)8-9-18(14)22/h4-9,12-13,21-22H,3,10-11H2,1-2H3. The van der Waals surface area contributed by atoms with E-state index >= 15 is 0 Å². The predicted octanol–water partition coefficient (Wildman–Crippen LogP) is 2.97. The van der Waals surface area contributed by atoms with Crippen LogP contribution in [0, 0.1) is 0 Å². The Balaban J connectivity index is 2.14. The summed E-state index contributed by atoms with van der Waals surface area (Å²) in [6, 6.07) is 12.8. The lowest BCUT2D eigenvalue weighted by molar-refractivity contribution is 0.302. The number of rotatable bonds is 7. The van der Waals surface area contributed by atoms with Crippen LogP contribution >= 0.6 is 0 Å². The van der Waals surface area contributed by atoms with Crippen molar-refractivity contribution in [3.8, 4) is 11.5 Å². The molecule has 0 aromatic heterocycles. The highest BCUT2D eigenvalue weighted by atomic mass is 16.5. The molecule has 0 aliphatic rings. The minimum absolute atomic E-state index is 0.128. The third-order valence-corrected chi connectivity index (χ3v) is 3.55. The van der Waals surface area contributed by atoms with Gasteiger partial charge in [0.15, 0.2) is 0 Å². The smallest absolute Gasteiger partial charge is 0.124 e. The molecule has 2 aromatic carbocycles. The second-order valence-electron chi connectivity index (χ2n) is 5.00. The van der Waals surface area contributed by atoms with Crippen molar-refractivity contribution in [3.05, 3.63) is 48.0 Å². The van der Waals surface area contributed by atoms with Crippen molar-refractivity contribution in [2.24, 2.45) is 4.99 Å². The van der Waals surface area contributed by atoms with E-state index in [1.54, 1.807) is 31.5 Å². The number of ether oxygens (including phenoxy) is 1. The van der Waals surface area contributed by atoms with Gasteiger partial charge in [0.1, 0.15) is 11.5 Å². The van der Waals surface area contributed by atoms with Crippen molar-refractivity contribution in [3.63, 3.8) is 0 Å². The van der Waals surface area contributed by atoms with Crippen LogP contribution in [0.15, 0.2) is 47.5 Å². The van der Waals surface area contributed by atoms with Crippen LogP contribution in [0.4, 0.5) is 11.4 Å².